The number of hydrogen-bond donors (Lipinski definition) is 2. The first kappa shape index (κ1) is 11.9. The number of para-hydroxylation sites is 1. The highest BCUT2D eigenvalue weighted by Gasteiger charge is 2.16. The van der Waals surface area contributed by atoms with Gasteiger partial charge < -0.3 is 16.0 Å². The zero-order valence-electron chi connectivity index (χ0n) is 9.98. The van der Waals surface area contributed by atoms with Crippen LogP contribution in [0.1, 0.15) is 18.4 Å². The Balaban J connectivity index is 1.76. The van der Waals surface area contributed by atoms with Gasteiger partial charge in [0.2, 0.25) is 5.91 Å². The second kappa shape index (κ2) is 5.68. The maximum absolute atomic E-state index is 11.8. The van der Waals surface area contributed by atoms with E-state index in [1.54, 1.807) is 0 Å². The Morgan fingerprint density at radius 3 is 2.71 bits per heavy atom. The van der Waals surface area contributed by atoms with Crippen molar-refractivity contribution < 1.29 is 4.79 Å². The quantitative estimate of drug-likeness (QED) is 0.762. The highest BCUT2D eigenvalue weighted by atomic mass is 16.2. The number of rotatable bonds is 4. The van der Waals surface area contributed by atoms with Crippen LogP contribution in [0.25, 0.3) is 0 Å². The molecule has 1 aromatic carbocycles. The fourth-order valence-corrected chi connectivity index (χ4v) is 2.08. The molecule has 2 rings (SSSR count). The van der Waals surface area contributed by atoms with Crippen LogP contribution >= 0.6 is 0 Å². The van der Waals surface area contributed by atoms with Crippen LogP contribution in [0.5, 0.6) is 0 Å². The van der Waals surface area contributed by atoms with Gasteiger partial charge in [0.25, 0.3) is 0 Å². The number of nitrogen functional groups attached to an aromatic ring is 1. The third-order valence-corrected chi connectivity index (χ3v) is 3.11. The van der Waals surface area contributed by atoms with Crippen LogP contribution in [0.3, 0.4) is 0 Å². The number of carbonyl (C=O) groups excluding carboxylic acids is 1. The highest BCUT2D eigenvalue weighted by Crippen LogP contribution is 2.10. The van der Waals surface area contributed by atoms with Crippen molar-refractivity contribution in [1.29, 1.82) is 0 Å². The summed E-state index contributed by atoms with van der Waals surface area (Å²) in [6.45, 7) is 2.86. The lowest BCUT2D eigenvalue weighted by Gasteiger charge is -2.15. The Labute approximate surface area is 102 Å². The van der Waals surface area contributed by atoms with Crippen LogP contribution in [-0.2, 0) is 11.3 Å². The monoisotopic (exact) mass is 233 g/mol. The smallest absolute Gasteiger partial charge is 0.236 e. The molecule has 0 saturated carbocycles. The number of amides is 1. The standard InChI is InChI=1S/C13H19N3O/c14-12-6-2-1-5-11(12)9-15-10-13(17)16-7-3-4-8-16/h1-2,5-6,15H,3-4,7-10,14H2. The summed E-state index contributed by atoms with van der Waals surface area (Å²) in [6.07, 6.45) is 2.27. The number of carbonyl (C=O) groups is 1. The van der Waals surface area contributed by atoms with Gasteiger partial charge in [0, 0.05) is 25.3 Å². The van der Waals surface area contributed by atoms with Gasteiger partial charge in [-0.25, -0.2) is 0 Å². The molecule has 1 heterocycles. The van der Waals surface area contributed by atoms with Crippen LogP contribution in [0.15, 0.2) is 24.3 Å². The molecule has 92 valence electrons. The summed E-state index contributed by atoms with van der Waals surface area (Å²) >= 11 is 0. The van der Waals surface area contributed by atoms with E-state index in [4.69, 9.17) is 5.73 Å². The summed E-state index contributed by atoms with van der Waals surface area (Å²) in [6, 6.07) is 7.71. The summed E-state index contributed by atoms with van der Waals surface area (Å²) in [5.74, 6) is 0.192. The summed E-state index contributed by atoms with van der Waals surface area (Å²) in [5, 5.41) is 3.15. The molecular weight excluding hydrogens is 214 g/mol. The van der Waals surface area contributed by atoms with Crippen molar-refractivity contribution in [1.82, 2.24) is 10.2 Å². The normalized spacial score (nSPS) is 15.2. The van der Waals surface area contributed by atoms with Gasteiger partial charge in [0.05, 0.1) is 6.54 Å². The van der Waals surface area contributed by atoms with Gasteiger partial charge in [-0.3, -0.25) is 4.79 Å². The molecule has 1 aromatic rings. The van der Waals surface area contributed by atoms with Gasteiger partial charge in [-0.05, 0) is 24.5 Å². The van der Waals surface area contributed by atoms with Crippen LogP contribution in [0.4, 0.5) is 5.69 Å². The summed E-state index contributed by atoms with van der Waals surface area (Å²) in [7, 11) is 0. The van der Waals surface area contributed by atoms with E-state index in [0.717, 1.165) is 37.2 Å². The zero-order chi connectivity index (χ0) is 12.1. The molecule has 1 aliphatic rings. The molecule has 0 bridgehead atoms. The number of hydrogen-bond acceptors (Lipinski definition) is 3. The third-order valence-electron chi connectivity index (χ3n) is 3.11. The Bertz CT molecular complexity index is 386. The van der Waals surface area contributed by atoms with Crippen LogP contribution in [-0.4, -0.2) is 30.4 Å². The van der Waals surface area contributed by atoms with E-state index in [2.05, 4.69) is 5.32 Å². The molecule has 3 N–H and O–H groups in total. The maximum Gasteiger partial charge on any atom is 0.236 e. The molecule has 4 nitrogen and oxygen atoms in total. The lowest BCUT2D eigenvalue weighted by molar-refractivity contribution is -0.129. The third kappa shape index (κ3) is 3.20. The molecule has 1 amide bonds. The van der Waals surface area contributed by atoms with E-state index in [9.17, 15) is 4.79 Å². The first-order valence-electron chi connectivity index (χ1n) is 6.09. The molecular formula is C13H19N3O. The van der Waals surface area contributed by atoms with Gasteiger partial charge in [-0.2, -0.15) is 0 Å². The topological polar surface area (TPSA) is 58.4 Å². The van der Waals surface area contributed by atoms with Crippen molar-refractivity contribution in [2.24, 2.45) is 0 Å². The van der Waals surface area contributed by atoms with Gasteiger partial charge >= 0.3 is 0 Å². The number of anilines is 1. The minimum atomic E-state index is 0.192. The molecule has 1 saturated heterocycles. The zero-order valence-corrected chi connectivity index (χ0v) is 9.98. The predicted octanol–water partition coefficient (Wildman–Crippen LogP) is 0.981. The second-order valence-corrected chi connectivity index (χ2v) is 4.39. The minimum absolute atomic E-state index is 0.192. The molecule has 0 atom stereocenters. The van der Waals surface area contributed by atoms with Crippen molar-refractivity contribution in [2.75, 3.05) is 25.4 Å². The predicted molar refractivity (Wildman–Crippen MR) is 68.4 cm³/mol. The van der Waals surface area contributed by atoms with Crippen LogP contribution in [0.2, 0.25) is 0 Å². The van der Waals surface area contributed by atoms with Crippen LogP contribution < -0.4 is 11.1 Å². The number of nitrogens with two attached hydrogens (primary N) is 1. The minimum Gasteiger partial charge on any atom is -0.398 e. The van der Waals surface area contributed by atoms with Crippen molar-refractivity contribution in [3.63, 3.8) is 0 Å². The molecule has 0 radical (unpaired) electrons. The number of benzene rings is 1. The fourth-order valence-electron chi connectivity index (χ4n) is 2.08. The average molecular weight is 233 g/mol. The molecule has 1 aliphatic heterocycles. The SMILES string of the molecule is Nc1ccccc1CNCC(=O)N1CCCC1. The Hall–Kier alpha value is -1.55. The number of nitrogens with one attached hydrogen (secondary N) is 1. The Kier molecular flexibility index (Phi) is 3.98. The highest BCUT2D eigenvalue weighted by molar-refractivity contribution is 5.78. The second-order valence-electron chi connectivity index (χ2n) is 4.39. The lowest BCUT2D eigenvalue weighted by Crippen LogP contribution is -2.36. The van der Waals surface area contributed by atoms with Crippen molar-refractivity contribution >= 4 is 11.6 Å². The van der Waals surface area contributed by atoms with Crippen molar-refractivity contribution in [2.45, 2.75) is 19.4 Å². The van der Waals surface area contributed by atoms with Gasteiger partial charge in [0.15, 0.2) is 0 Å². The molecule has 0 aromatic heterocycles. The van der Waals surface area contributed by atoms with E-state index in [-0.39, 0.29) is 5.91 Å². The first-order valence-corrected chi connectivity index (χ1v) is 6.09. The van der Waals surface area contributed by atoms with E-state index >= 15 is 0 Å². The van der Waals surface area contributed by atoms with Gasteiger partial charge in [-0.15, -0.1) is 0 Å². The largest absolute Gasteiger partial charge is 0.398 e. The first-order chi connectivity index (χ1) is 8.27. The number of likely N-dealkylation sites (tertiary alicyclic amines) is 1. The summed E-state index contributed by atoms with van der Waals surface area (Å²) in [4.78, 5) is 13.7. The van der Waals surface area contributed by atoms with Crippen molar-refractivity contribution in [3.8, 4) is 0 Å². The molecule has 4 heteroatoms. The van der Waals surface area contributed by atoms with E-state index in [0.29, 0.717) is 13.1 Å². The number of nitrogens with zero attached hydrogens (tertiary/aromatic N) is 1. The van der Waals surface area contributed by atoms with Gasteiger partial charge in [-0.1, -0.05) is 18.2 Å². The van der Waals surface area contributed by atoms with Crippen molar-refractivity contribution in [3.05, 3.63) is 29.8 Å². The van der Waals surface area contributed by atoms with E-state index in [1.165, 1.54) is 0 Å². The maximum atomic E-state index is 11.8. The van der Waals surface area contributed by atoms with E-state index < -0.39 is 0 Å². The fraction of sp³-hybridized carbons (Fsp3) is 0.462. The van der Waals surface area contributed by atoms with Crippen LogP contribution in [0, 0.1) is 0 Å². The molecule has 0 spiro atoms. The Morgan fingerprint density at radius 2 is 2.00 bits per heavy atom. The molecule has 0 aliphatic carbocycles. The van der Waals surface area contributed by atoms with E-state index in [1.807, 2.05) is 29.2 Å². The summed E-state index contributed by atoms with van der Waals surface area (Å²) < 4.78 is 0. The summed E-state index contributed by atoms with van der Waals surface area (Å²) in [5.41, 5.74) is 7.64. The average Bonchev–Trinajstić information content (AvgIpc) is 2.85. The molecule has 17 heavy (non-hydrogen) atoms. The molecule has 0 unspecified atom stereocenters. The lowest BCUT2D eigenvalue weighted by atomic mass is 10.2. The van der Waals surface area contributed by atoms with Gasteiger partial charge in [0.1, 0.15) is 0 Å². The Morgan fingerprint density at radius 1 is 1.29 bits per heavy atom. The molecule has 1 fully saturated rings.